The summed E-state index contributed by atoms with van der Waals surface area (Å²) in [6, 6.07) is 7.57. The lowest BCUT2D eigenvalue weighted by Gasteiger charge is -2.15. The van der Waals surface area contributed by atoms with Crippen LogP contribution < -0.4 is 10.1 Å². The first-order valence-electron chi connectivity index (χ1n) is 9.01. The van der Waals surface area contributed by atoms with Crippen molar-refractivity contribution in [3.05, 3.63) is 42.4 Å². The van der Waals surface area contributed by atoms with Crippen molar-refractivity contribution in [3.8, 4) is 11.4 Å². The van der Waals surface area contributed by atoms with Gasteiger partial charge in [0.05, 0.1) is 17.9 Å². The van der Waals surface area contributed by atoms with Crippen LogP contribution in [0.2, 0.25) is 0 Å². The van der Waals surface area contributed by atoms with Crippen molar-refractivity contribution in [1.82, 2.24) is 30.0 Å². The van der Waals surface area contributed by atoms with Gasteiger partial charge >= 0.3 is 0 Å². The highest BCUT2D eigenvalue weighted by molar-refractivity contribution is 5.91. The van der Waals surface area contributed by atoms with E-state index in [1.165, 1.54) is 19.2 Å². The van der Waals surface area contributed by atoms with E-state index in [0.717, 1.165) is 29.9 Å². The van der Waals surface area contributed by atoms with Crippen molar-refractivity contribution in [2.24, 2.45) is 0 Å². The number of anilines is 1. The summed E-state index contributed by atoms with van der Waals surface area (Å²) in [5.74, 6) is 1.16. The number of aromatic nitrogens is 6. The molecule has 27 heavy (non-hydrogen) atoms. The Morgan fingerprint density at radius 2 is 2.04 bits per heavy atom. The van der Waals surface area contributed by atoms with E-state index in [-0.39, 0.29) is 12.5 Å². The van der Waals surface area contributed by atoms with Gasteiger partial charge in [0.15, 0.2) is 6.61 Å². The molecule has 0 bridgehead atoms. The smallest absolute Gasteiger partial charge is 0.263 e. The first-order chi connectivity index (χ1) is 13.2. The number of carbonyl (C=O) groups excluding carboxylic acids is 1. The Labute approximate surface area is 156 Å². The quantitative estimate of drug-likeness (QED) is 0.718. The highest BCUT2D eigenvalue weighted by Crippen LogP contribution is 2.32. The maximum absolute atomic E-state index is 12.3. The van der Waals surface area contributed by atoms with E-state index in [2.05, 4.69) is 25.9 Å². The van der Waals surface area contributed by atoms with Crippen LogP contribution in [0.5, 0.6) is 5.75 Å². The molecule has 0 saturated heterocycles. The fraction of sp³-hybridized carbons (Fsp3) is 0.389. The molecule has 4 rings (SSSR count). The zero-order valence-corrected chi connectivity index (χ0v) is 15.1. The lowest BCUT2D eigenvalue weighted by atomic mass is 10.2. The second kappa shape index (κ2) is 7.56. The van der Waals surface area contributed by atoms with Crippen LogP contribution in [-0.4, -0.2) is 42.5 Å². The topological polar surface area (TPSA) is 99.8 Å². The Balaban J connectivity index is 1.36. The van der Waals surface area contributed by atoms with Crippen LogP contribution >= 0.6 is 0 Å². The molecule has 0 aliphatic heterocycles. The molecule has 1 saturated carbocycles. The van der Waals surface area contributed by atoms with Gasteiger partial charge < -0.3 is 10.1 Å². The second-order valence-electron chi connectivity index (χ2n) is 6.64. The number of tetrazole rings is 1. The number of hydrogen-bond donors (Lipinski definition) is 1. The molecule has 3 aromatic rings. The van der Waals surface area contributed by atoms with Crippen molar-refractivity contribution in [2.45, 2.75) is 38.6 Å². The molecule has 1 aromatic carbocycles. The molecule has 1 fully saturated rings. The van der Waals surface area contributed by atoms with E-state index in [0.29, 0.717) is 11.8 Å². The molecule has 2 aromatic heterocycles. The summed E-state index contributed by atoms with van der Waals surface area (Å²) in [4.78, 5) is 12.3. The second-order valence-corrected chi connectivity index (χ2v) is 6.64. The van der Waals surface area contributed by atoms with E-state index in [1.54, 1.807) is 23.0 Å². The summed E-state index contributed by atoms with van der Waals surface area (Å²) >= 11 is 0. The van der Waals surface area contributed by atoms with Crippen LogP contribution in [0.15, 0.2) is 36.8 Å². The highest BCUT2D eigenvalue weighted by Gasteiger charge is 2.22. The highest BCUT2D eigenvalue weighted by atomic mass is 16.5. The number of amides is 1. The average molecular weight is 367 g/mol. The van der Waals surface area contributed by atoms with Crippen molar-refractivity contribution >= 4 is 11.7 Å². The fourth-order valence-electron chi connectivity index (χ4n) is 3.32. The van der Waals surface area contributed by atoms with Gasteiger partial charge in [0.25, 0.3) is 5.91 Å². The number of benzene rings is 1. The number of ether oxygens (including phenoxy) is 1. The lowest BCUT2D eigenvalue weighted by Crippen LogP contribution is -2.23. The number of nitrogens with one attached hydrogen (secondary N) is 1. The van der Waals surface area contributed by atoms with Crippen molar-refractivity contribution in [3.63, 3.8) is 0 Å². The molecule has 2 heterocycles. The number of nitrogens with zero attached hydrogens (tertiary/aromatic N) is 6. The maximum atomic E-state index is 12.3. The Morgan fingerprint density at radius 3 is 2.74 bits per heavy atom. The Hall–Kier alpha value is -3.23. The average Bonchev–Trinajstić information content (AvgIpc) is 3.44. The third-order valence-electron chi connectivity index (χ3n) is 4.73. The van der Waals surface area contributed by atoms with Gasteiger partial charge in [0.1, 0.15) is 17.9 Å². The number of carbonyl (C=O) groups is 1. The van der Waals surface area contributed by atoms with Crippen molar-refractivity contribution < 1.29 is 9.53 Å². The summed E-state index contributed by atoms with van der Waals surface area (Å²) in [6.45, 7) is 1.88. The van der Waals surface area contributed by atoms with E-state index in [4.69, 9.17) is 4.74 Å². The van der Waals surface area contributed by atoms with Gasteiger partial charge in [-0.05, 0) is 54.5 Å². The fourth-order valence-corrected chi connectivity index (χ4v) is 3.32. The van der Waals surface area contributed by atoms with Gasteiger partial charge in [-0.1, -0.05) is 12.8 Å². The first kappa shape index (κ1) is 17.2. The SMILES string of the molecule is Cc1cnn(C2CCCC2)c1NC(=O)COc1ccc(-n2cnnn2)cc1. The van der Waals surface area contributed by atoms with Crippen LogP contribution in [0.4, 0.5) is 5.82 Å². The zero-order chi connectivity index (χ0) is 18.6. The molecule has 0 unspecified atom stereocenters. The van der Waals surface area contributed by atoms with Gasteiger partial charge in [-0.15, -0.1) is 5.10 Å². The molecule has 140 valence electrons. The minimum atomic E-state index is -0.206. The summed E-state index contributed by atoms with van der Waals surface area (Å²) in [7, 11) is 0. The summed E-state index contributed by atoms with van der Waals surface area (Å²) in [5.41, 5.74) is 1.77. The zero-order valence-electron chi connectivity index (χ0n) is 15.1. The Bertz CT molecular complexity index is 896. The van der Waals surface area contributed by atoms with Gasteiger partial charge in [-0.3, -0.25) is 4.79 Å². The summed E-state index contributed by atoms with van der Waals surface area (Å²) in [5, 5.41) is 18.4. The van der Waals surface area contributed by atoms with Crippen LogP contribution in [0, 0.1) is 6.92 Å². The van der Waals surface area contributed by atoms with Crippen molar-refractivity contribution in [2.75, 3.05) is 11.9 Å². The molecule has 0 atom stereocenters. The van der Waals surface area contributed by atoms with Crippen LogP contribution in [0.1, 0.15) is 37.3 Å². The molecular weight excluding hydrogens is 346 g/mol. The van der Waals surface area contributed by atoms with E-state index >= 15 is 0 Å². The molecule has 1 N–H and O–H groups in total. The third-order valence-corrected chi connectivity index (χ3v) is 4.73. The first-order valence-corrected chi connectivity index (χ1v) is 9.01. The summed E-state index contributed by atoms with van der Waals surface area (Å²) < 4.78 is 9.08. The Morgan fingerprint density at radius 1 is 1.26 bits per heavy atom. The maximum Gasteiger partial charge on any atom is 0.263 e. The van der Waals surface area contributed by atoms with Crippen LogP contribution in [0.25, 0.3) is 5.69 Å². The molecule has 0 spiro atoms. The predicted octanol–water partition coefficient (Wildman–Crippen LogP) is 2.30. The monoisotopic (exact) mass is 367 g/mol. The van der Waals surface area contributed by atoms with Crippen LogP contribution in [0.3, 0.4) is 0 Å². The molecule has 1 amide bonds. The minimum absolute atomic E-state index is 0.0699. The number of rotatable bonds is 6. The van der Waals surface area contributed by atoms with E-state index < -0.39 is 0 Å². The van der Waals surface area contributed by atoms with Gasteiger partial charge in [0.2, 0.25) is 0 Å². The molecule has 9 heteroatoms. The molecule has 0 radical (unpaired) electrons. The summed E-state index contributed by atoms with van der Waals surface area (Å²) in [6.07, 6.45) is 7.94. The standard InChI is InChI=1S/C18H21N7O2/c1-13-10-20-25(15-4-2-3-5-15)18(13)21-17(26)11-27-16-8-6-14(7-9-16)24-12-19-22-23-24/h6-10,12,15H,2-5,11H2,1H3,(H,21,26). The molecule has 9 nitrogen and oxygen atoms in total. The van der Waals surface area contributed by atoms with E-state index in [1.807, 2.05) is 23.7 Å². The van der Waals surface area contributed by atoms with Crippen LogP contribution in [-0.2, 0) is 4.79 Å². The largest absolute Gasteiger partial charge is 0.484 e. The minimum Gasteiger partial charge on any atom is -0.484 e. The third kappa shape index (κ3) is 3.81. The van der Waals surface area contributed by atoms with Gasteiger partial charge in [-0.25, -0.2) is 9.36 Å². The molecule has 1 aliphatic carbocycles. The lowest BCUT2D eigenvalue weighted by molar-refractivity contribution is -0.118. The number of aryl methyl sites for hydroxylation is 1. The van der Waals surface area contributed by atoms with Gasteiger partial charge in [0, 0.05) is 5.56 Å². The van der Waals surface area contributed by atoms with Gasteiger partial charge in [-0.2, -0.15) is 5.10 Å². The van der Waals surface area contributed by atoms with Crippen molar-refractivity contribution in [1.29, 1.82) is 0 Å². The van der Waals surface area contributed by atoms with E-state index in [9.17, 15) is 4.79 Å². The molecule has 1 aliphatic rings. The normalized spacial score (nSPS) is 14.4. The predicted molar refractivity (Wildman–Crippen MR) is 97.7 cm³/mol. The molecular formula is C18H21N7O2. The number of hydrogen-bond acceptors (Lipinski definition) is 6. The Kier molecular flexibility index (Phi) is 4.82.